The van der Waals surface area contributed by atoms with Crippen molar-refractivity contribution in [1.82, 2.24) is 10.2 Å². The number of nitrogens with one attached hydrogen (secondary N) is 2. The van der Waals surface area contributed by atoms with Crippen LogP contribution in [0.3, 0.4) is 0 Å². The number of hydrogen-bond acceptors (Lipinski definition) is 3. The lowest BCUT2D eigenvalue weighted by molar-refractivity contribution is -0.121. The summed E-state index contributed by atoms with van der Waals surface area (Å²) in [5.41, 5.74) is 4.59. The van der Waals surface area contributed by atoms with Crippen LogP contribution in [0.2, 0.25) is 0 Å². The van der Waals surface area contributed by atoms with Gasteiger partial charge in [0.25, 0.3) is 0 Å². The van der Waals surface area contributed by atoms with E-state index in [-0.39, 0.29) is 11.9 Å². The molecule has 1 aromatic rings. The fraction of sp³-hybridized carbons (Fsp3) is 0.500. The highest BCUT2D eigenvalue weighted by atomic mass is 16.2. The number of piperazine rings is 1. The molecule has 0 aliphatic carbocycles. The third-order valence-electron chi connectivity index (χ3n) is 3.83. The highest BCUT2D eigenvalue weighted by Gasteiger charge is 2.36. The van der Waals surface area contributed by atoms with Crippen molar-refractivity contribution in [2.24, 2.45) is 0 Å². The van der Waals surface area contributed by atoms with E-state index in [1.807, 2.05) is 0 Å². The highest BCUT2D eigenvalue weighted by molar-refractivity contribution is 6.03. The smallest absolute Gasteiger partial charge is 0.246 e. The Kier molecular flexibility index (Phi) is 2.84. The fourth-order valence-electron chi connectivity index (χ4n) is 3.07. The maximum atomic E-state index is 12.2. The molecule has 4 heteroatoms. The van der Waals surface area contributed by atoms with Crippen LogP contribution in [0.4, 0.5) is 5.69 Å². The number of hydrogen-bond donors (Lipinski definition) is 2. The third kappa shape index (κ3) is 1.82. The van der Waals surface area contributed by atoms with Gasteiger partial charge in [0.15, 0.2) is 0 Å². The van der Waals surface area contributed by atoms with Crippen LogP contribution < -0.4 is 10.6 Å². The maximum absolute atomic E-state index is 12.2. The number of amides is 1. The largest absolute Gasteiger partial charge is 0.324 e. The summed E-state index contributed by atoms with van der Waals surface area (Å²) in [6.07, 6.45) is 0. The number of carbonyl (C=O) groups is 1. The van der Waals surface area contributed by atoms with Gasteiger partial charge in [0.05, 0.1) is 0 Å². The first-order valence-electron chi connectivity index (χ1n) is 6.53. The van der Waals surface area contributed by atoms with Crippen LogP contribution in [-0.2, 0) is 4.79 Å². The van der Waals surface area contributed by atoms with E-state index >= 15 is 0 Å². The minimum absolute atomic E-state index is 0.0947. The van der Waals surface area contributed by atoms with Crippen molar-refractivity contribution in [2.45, 2.75) is 19.9 Å². The summed E-state index contributed by atoms with van der Waals surface area (Å²) in [5, 5.41) is 6.35. The van der Waals surface area contributed by atoms with E-state index in [9.17, 15) is 4.79 Å². The number of rotatable bonds is 1. The standard InChI is InChI=1S/C14H19N3O/c1-9-7-10(2)12-11(8-9)16-14(18)13(12)17-5-3-15-4-6-17/h7-8,13,15H,3-6H2,1-2H3,(H,16,18). The molecule has 96 valence electrons. The molecule has 2 heterocycles. The molecule has 2 aliphatic rings. The van der Waals surface area contributed by atoms with Gasteiger partial charge in [0.2, 0.25) is 5.91 Å². The van der Waals surface area contributed by atoms with Gasteiger partial charge in [-0.3, -0.25) is 9.69 Å². The first kappa shape index (κ1) is 11.7. The molecule has 2 N–H and O–H groups in total. The number of nitrogens with zero attached hydrogens (tertiary/aromatic N) is 1. The van der Waals surface area contributed by atoms with Gasteiger partial charge in [0, 0.05) is 37.4 Å². The average molecular weight is 245 g/mol. The lowest BCUT2D eigenvalue weighted by Gasteiger charge is -2.32. The minimum Gasteiger partial charge on any atom is -0.324 e. The fourth-order valence-corrected chi connectivity index (χ4v) is 3.07. The van der Waals surface area contributed by atoms with E-state index < -0.39 is 0 Å². The second-order valence-electron chi connectivity index (χ2n) is 5.22. The van der Waals surface area contributed by atoms with E-state index in [2.05, 4.69) is 41.5 Å². The first-order chi connectivity index (χ1) is 8.66. The van der Waals surface area contributed by atoms with Gasteiger partial charge >= 0.3 is 0 Å². The zero-order valence-electron chi connectivity index (χ0n) is 10.9. The molecule has 0 bridgehead atoms. The number of fused-ring (bicyclic) bond motifs is 1. The Morgan fingerprint density at radius 1 is 1.22 bits per heavy atom. The molecule has 3 rings (SSSR count). The van der Waals surface area contributed by atoms with Crippen molar-refractivity contribution in [2.75, 3.05) is 31.5 Å². The Hall–Kier alpha value is -1.39. The molecule has 1 amide bonds. The summed E-state index contributed by atoms with van der Waals surface area (Å²) in [6, 6.07) is 4.14. The van der Waals surface area contributed by atoms with E-state index in [0.717, 1.165) is 31.9 Å². The zero-order valence-corrected chi connectivity index (χ0v) is 10.9. The second-order valence-corrected chi connectivity index (χ2v) is 5.22. The van der Waals surface area contributed by atoms with Crippen molar-refractivity contribution < 1.29 is 4.79 Å². The van der Waals surface area contributed by atoms with Crippen LogP contribution in [-0.4, -0.2) is 37.0 Å². The van der Waals surface area contributed by atoms with Gasteiger partial charge in [0.1, 0.15) is 6.04 Å². The summed E-state index contributed by atoms with van der Waals surface area (Å²) >= 11 is 0. The maximum Gasteiger partial charge on any atom is 0.246 e. The Morgan fingerprint density at radius 2 is 1.94 bits per heavy atom. The number of benzene rings is 1. The van der Waals surface area contributed by atoms with Gasteiger partial charge in [-0.05, 0) is 31.0 Å². The highest BCUT2D eigenvalue weighted by Crippen LogP contribution is 2.38. The quantitative estimate of drug-likeness (QED) is 0.781. The van der Waals surface area contributed by atoms with Crippen LogP contribution in [0.25, 0.3) is 0 Å². The normalized spacial score (nSPS) is 23.9. The number of aryl methyl sites for hydroxylation is 2. The molecule has 0 aromatic heterocycles. The van der Waals surface area contributed by atoms with Gasteiger partial charge in [-0.2, -0.15) is 0 Å². The van der Waals surface area contributed by atoms with Crippen LogP contribution in [0, 0.1) is 13.8 Å². The lowest BCUT2D eigenvalue weighted by Crippen LogP contribution is -2.46. The Morgan fingerprint density at radius 3 is 2.67 bits per heavy atom. The molecule has 0 radical (unpaired) electrons. The summed E-state index contributed by atoms with van der Waals surface area (Å²) < 4.78 is 0. The minimum atomic E-state index is -0.0947. The summed E-state index contributed by atoms with van der Waals surface area (Å²) in [5.74, 6) is 0.126. The van der Waals surface area contributed by atoms with E-state index in [1.165, 1.54) is 16.7 Å². The van der Waals surface area contributed by atoms with Crippen molar-refractivity contribution in [3.05, 3.63) is 28.8 Å². The topological polar surface area (TPSA) is 44.4 Å². The number of carbonyl (C=O) groups excluding carboxylic acids is 1. The first-order valence-corrected chi connectivity index (χ1v) is 6.53. The molecule has 1 unspecified atom stereocenters. The predicted octanol–water partition coefficient (Wildman–Crippen LogP) is 1.20. The monoisotopic (exact) mass is 245 g/mol. The van der Waals surface area contributed by atoms with Crippen LogP contribution in [0.1, 0.15) is 22.7 Å². The van der Waals surface area contributed by atoms with Crippen molar-refractivity contribution >= 4 is 11.6 Å². The predicted molar refractivity (Wildman–Crippen MR) is 71.7 cm³/mol. The van der Waals surface area contributed by atoms with E-state index in [0.29, 0.717) is 0 Å². The Balaban J connectivity index is 2.00. The SMILES string of the molecule is Cc1cc(C)c2c(c1)NC(=O)C2N1CCNCC1. The van der Waals surface area contributed by atoms with Crippen molar-refractivity contribution in [3.63, 3.8) is 0 Å². The molecular formula is C14H19N3O. The number of anilines is 1. The third-order valence-corrected chi connectivity index (χ3v) is 3.83. The molecule has 2 aliphatic heterocycles. The molecule has 1 fully saturated rings. The molecule has 0 spiro atoms. The average Bonchev–Trinajstić information content (AvgIpc) is 2.66. The zero-order chi connectivity index (χ0) is 12.7. The summed E-state index contributed by atoms with van der Waals surface area (Å²) in [4.78, 5) is 14.5. The van der Waals surface area contributed by atoms with Crippen LogP contribution in [0.15, 0.2) is 12.1 Å². The van der Waals surface area contributed by atoms with E-state index in [1.54, 1.807) is 0 Å². The summed E-state index contributed by atoms with van der Waals surface area (Å²) in [7, 11) is 0. The van der Waals surface area contributed by atoms with Crippen LogP contribution in [0.5, 0.6) is 0 Å². The Bertz CT molecular complexity index is 492. The van der Waals surface area contributed by atoms with Gasteiger partial charge < -0.3 is 10.6 Å². The molecule has 1 saturated heterocycles. The van der Waals surface area contributed by atoms with Crippen LogP contribution >= 0.6 is 0 Å². The van der Waals surface area contributed by atoms with Gasteiger partial charge in [-0.1, -0.05) is 6.07 Å². The molecular weight excluding hydrogens is 226 g/mol. The molecule has 4 nitrogen and oxygen atoms in total. The Labute approximate surface area is 107 Å². The molecule has 1 aromatic carbocycles. The van der Waals surface area contributed by atoms with Gasteiger partial charge in [-0.15, -0.1) is 0 Å². The molecule has 0 saturated carbocycles. The lowest BCUT2D eigenvalue weighted by atomic mass is 9.98. The van der Waals surface area contributed by atoms with Gasteiger partial charge in [-0.25, -0.2) is 0 Å². The van der Waals surface area contributed by atoms with E-state index in [4.69, 9.17) is 0 Å². The van der Waals surface area contributed by atoms with Crippen molar-refractivity contribution in [1.29, 1.82) is 0 Å². The molecule has 1 atom stereocenters. The second kappa shape index (κ2) is 4.37. The van der Waals surface area contributed by atoms with Crippen molar-refractivity contribution in [3.8, 4) is 0 Å². The molecule has 18 heavy (non-hydrogen) atoms. The summed E-state index contributed by atoms with van der Waals surface area (Å²) in [6.45, 7) is 7.96.